The van der Waals surface area contributed by atoms with Crippen LogP contribution in [0.5, 0.6) is 0 Å². The molecule has 2 aromatic carbocycles. The second-order valence-electron chi connectivity index (χ2n) is 7.96. The van der Waals surface area contributed by atoms with Gasteiger partial charge in [-0.1, -0.05) is 35.5 Å². The molecule has 2 aromatic heterocycles. The molecule has 0 bridgehead atoms. The predicted octanol–water partition coefficient (Wildman–Crippen LogP) is 4.58. The molecular weight excluding hydrogens is 466 g/mol. The van der Waals surface area contributed by atoms with E-state index >= 15 is 0 Å². The molecule has 2 heterocycles. The number of carbonyl (C=O) groups is 2. The standard InChI is InChI=1S/C25H25N5O4S/c1-16-8-9-21(17(2)11-16)26-13-22-28-29-25(30(22)14-20-7-4-10-34-20)35-15-23(31)27-19-6-3-5-18(12-19)24(32)33/h3-12,26H,13-15H2,1-2H3,(H,27,31)(H,32,33). The highest BCUT2D eigenvalue weighted by Crippen LogP contribution is 2.22. The summed E-state index contributed by atoms with van der Waals surface area (Å²) >= 11 is 1.25. The van der Waals surface area contributed by atoms with Crippen LogP contribution in [-0.2, 0) is 17.9 Å². The Balaban J connectivity index is 1.45. The van der Waals surface area contributed by atoms with Crippen LogP contribution in [0.3, 0.4) is 0 Å². The summed E-state index contributed by atoms with van der Waals surface area (Å²) in [6.45, 7) is 4.98. The second-order valence-corrected chi connectivity index (χ2v) is 8.90. The minimum absolute atomic E-state index is 0.0814. The van der Waals surface area contributed by atoms with E-state index in [2.05, 4.69) is 46.8 Å². The molecule has 180 valence electrons. The number of furan rings is 1. The molecular formula is C25H25N5O4S. The number of carbonyl (C=O) groups excluding carboxylic acids is 1. The van der Waals surface area contributed by atoms with Gasteiger partial charge < -0.3 is 20.2 Å². The van der Waals surface area contributed by atoms with Gasteiger partial charge in [0.2, 0.25) is 5.91 Å². The van der Waals surface area contributed by atoms with Crippen molar-refractivity contribution in [3.8, 4) is 0 Å². The Labute approximate surface area is 206 Å². The summed E-state index contributed by atoms with van der Waals surface area (Å²) in [5, 5.41) is 24.5. The van der Waals surface area contributed by atoms with Gasteiger partial charge in [0.1, 0.15) is 5.76 Å². The van der Waals surface area contributed by atoms with Crippen LogP contribution in [0.25, 0.3) is 0 Å². The van der Waals surface area contributed by atoms with Gasteiger partial charge in [-0.2, -0.15) is 0 Å². The number of thioether (sulfide) groups is 1. The Bertz CT molecular complexity index is 1330. The third-order valence-electron chi connectivity index (χ3n) is 5.23. The zero-order chi connectivity index (χ0) is 24.8. The maximum Gasteiger partial charge on any atom is 0.335 e. The number of amides is 1. The molecule has 3 N–H and O–H groups in total. The van der Waals surface area contributed by atoms with E-state index < -0.39 is 5.97 Å². The zero-order valence-electron chi connectivity index (χ0n) is 19.3. The number of carboxylic acid groups (broad SMARTS) is 1. The minimum Gasteiger partial charge on any atom is -0.478 e. The predicted molar refractivity (Wildman–Crippen MR) is 134 cm³/mol. The fraction of sp³-hybridized carbons (Fsp3) is 0.200. The van der Waals surface area contributed by atoms with Gasteiger partial charge in [0.15, 0.2) is 11.0 Å². The zero-order valence-corrected chi connectivity index (χ0v) is 20.1. The van der Waals surface area contributed by atoms with Crippen molar-refractivity contribution in [3.05, 3.63) is 89.1 Å². The Morgan fingerprint density at radius 2 is 1.94 bits per heavy atom. The third-order valence-corrected chi connectivity index (χ3v) is 6.20. The largest absolute Gasteiger partial charge is 0.478 e. The number of anilines is 2. The van der Waals surface area contributed by atoms with Gasteiger partial charge in [-0.05, 0) is 55.8 Å². The molecule has 4 aromatic rings. The Kier molecular flexibility index (Phi) is 7.51. The molecule has 9 nitrogen and oxygen atoms in total. The maximum atomic E-state index is 12.5. The van der Waals surface area contributed by atoms with Gasteiger partial charge in [0.05, 0.1) is 30.7 Å². The quantitative estimate of drug-likeness (QED) is 0.276. The summed E-state index contributed by atoms with van der Waals surface area (Å²) in [5.74, 6) is 0.203. The van der Waals surface area contributed by atoms with Crippen molar-refractivity contribution in [1.82, 2.24) is 14.8 Å². The summed E-state index contributed by atoms with van der Waals surface area (Å²) in [5.41, 5.74) is 3.88. The molecule has 1 amide bonds. The molecule has 0 radical (unpaired) electrons. The van der Waals surface area contributed by atoms with Crippen LogP contribution in [0.15, 0.2) is 70.4 Å². The van der Waals surface area contributed by atoms with E-state index in [1.807, 2.05) is 22.8 Å². The molecule has 10 heteroatoms. The number of benzene rings is 2. The van der Waals surface area contributed by atoms with E-state index in [1.165, 1.54) is 29.5 Å². The lowest BCUT2D eigenvalue weighted by Gasteiger charge is -2.12. The molecule has 0 aliphatic heterocycles. The molecule has 35 heavy (non-hydrogen) atoms. The van der Waals surface area contributed by atoms with Crippen molar-refractivity contribution in [3.63, 3.8) is 0 Å². The number of aryl methyl sites for hydroxylation is 2. The fourth-order valence-electron chi connectivity index (χ4n) is 3.52. The van der Waals surface area contributed by atoms with Gasteiger partial charge in [0.25, 0.3) is 0 Å². The molecule has 0 saturated carbocycles. The van der Waals surface area contributed by atoms with Crippen LogP contribution < -0.4 is 10.6 Å². The fourth-order valence-corrected chi connectivity index (χ4v) is 4.27. The van der Waals surface area contributed by atoms with Gasteiger partial charge in [0, 0.05) is 11.4 Å². The highest BCUT2D eigenvalue weighted by atomic mass is 32.2. The molecule has 0 fully saturated rings. The highest BCUT2D eigenvalue weighted by Gasteiger charge is 2.16. The number of aromatic nitrogens is 3. The molecule has 4 rings (SSSR count). The van der Waals surface area contributed by atoms with E-state index in [9.17, 15) is 9.59 Å². The maximum absolute atomic E-state index is 12.5. The van der Waals surface area contributed by atoms with E-state index in [4.69, 9.17) is 9.52 Å². The van der Waals surface area contributed by atoms with Crippen molar-refractivity contribution in [2.75, 3.05) is 16.4 Å². The first-order valence-corrected chi connectivity index (χ1v) is 11.9. The summed E-state index contributed by atoms with van der Waals surface area (Å²) in [6.07, 6.45) is 1.61. The van der Waals surface area contributed by atoms with E-state index in [0.717, 1.165) is 17.0 Å². The van der Waals surface area contributed by atoms with Gasteiger partial charge in [-0.15, -0.1) is 10.2 Å². The van der Waals surface area contributed by atoms with Crippen molar-refractivity contribution in [1.29, 1.82) is 0 Å². The normalized spacial score (nSPS) is 10.8. The van der Waals surface area contributed by atoms with E-state index in [-0.39, 0.29) is 17.2 Å². The lowest BCUT2D eigenvalue weighted by molar-refractivity contribution is -0.113. The Hall–Kier alpha value is -4.05. The van der Waals surface area contributed by atoms with Gasteiger partial charge in [-0.3, -0.25) is 9.36 Å². The molecule has 0 saturated heterocycles. The van der Waals surface area contributed by atoms with Crippen molar-refractivity contribution in [2.24, 2.45) is 0 Å². The minimum atomic E-state index is -1.05. The van der Waals surface area contributed by atoms with Crippen LogP contribution in [0.4, 0.5) is 11.4 Å². The van der Waals surface area contributed by atoms with Crippen molar-refractivity contribution >= 4 is 35.0 Å². The molecule has 0 unspecified atom stereocenters. The molecule has 0 spiro atoms. The Morgan fingerprint density at radius 1 is 1.09 bits per heavy atom. The summed E-state index contributed by atoms with van der Waals surface area (Å²) in [4.78, 5) is 23.7. The SMILES string of the molecule is Cc1ccc(NCc2nnc(SCC(=O)Nc3cccc(C(=O)O)c3)n2Cc2ccco2)c(C)c1. The number of nitrogens with zero attached hydrogens (tertiary/aromatic N) is 3. The number of rotatable bonds is 10. The van der Waals surface area contributed by atoms with Crippen LogP contribution >= 0.6 is 11.8 Å². The monoisotopic (exact) mass is 491 g/mol. The average Bonchev–Trinajstić information content (AvgIpc) is 3.48. The topological polar surface area (TPSA) is 122 Å². The molecule has 0 aliphatic carbocycles. The van der Waals surface area contributed by atoms with E-state index in [0.29, 0.717) is 29.8 Å². The van der Waals surface area contributed by atoms with E-state index in [1.54, 1.807) is 18.4 Å². The summed E-state index contributed by atoms with van der Waals surface area (Å²) in [6, 6.07) is 16.0. The lowest BCUT2D eigenvalue weighted by Crippen LogP contribution is -2.15. The number of carboxylic acids is 1. The van der Waals surface area contributed by atoms with Crippen LogP contribution in [0.2, 0.25) is 0 Å². The van der Waals surface area contributed by atoms with Gasteiger partial charge >= 0.3 is 5.97 Å². The molecule has 0 atom stereocenters. The highest BCUT2D eigenvalue weighted by molar-refractivity contribution is 7.99. The number of aromatic carboxylic acids is 1. The average molecular weight is 492 g/mol. The number of hydrogen-bond acceptors (Lipinski definition) is 7. The van der Waals surface area contributed by atoms with Gasteiger partial charge in [-0.25, -0.2) is 4.79 Å². The summed E-state index contributed by atoms with van der Waals surface area (Å²) in [7, 11) is 0. The van der Waals surface area contributed by atoms with Crippen LogP contribution in [-0.4, -0.2) is 37.5 Å². The number of nitrogens with one attached hydrogen (secondary N) is 2. The van der Waals surface area contributed by atoms with Crippen LogP contribution in [0, 0.1) is 13.8 Å². The second kappa shape index (κ2) is 10.9. The van der Waals surface area contributed by atoms with Crippen molar-refractivity contribution in [2.45, 2.75) is 32.1 Å². The summed E-state index contributed by atoms with van der Waals surface area (Å²) < 4.78 is 7.43. The van der Waals surface area contributed by atoms with Crippen LogP contribution in [0.1, 0.15) is 33.1 Å². The number of hydrogen-bond donors (Lipinski definition) is 3. The first kappa shape index (κ1) is 24.1. The Morgan fingerprint density at radius 3 is 2.69 bits per heavy atom. The third kappa shape index (κ3) is 6.30. The lowest BCUT2D eigenvalue weighted by atomic mass is 10.1. The first-order chi connectivity index (χ1) is 16.9. The smallest absolute Gasteiger partial charge is 0.335 e. The molecule has 0 aliphatic rings. The van der Waals surface area contributed by atoms with Crippen molar-refractivity contribution < 1.29 is 19.1 Å². The first-order valence-electron chi connectivity index (χ1n) is 10.9.